The van der Waals surface area contributed by atoms with Crippen LogP contribution >= 0.6 is 0 Å². The standard InChI is InChI=1S/C13H23O3Si.3CH3.Pt/c1-4-14-17(15-5-2,16-6-3)12-11-13-9-7-8-10-13;;;;/h7,9H,4-6,8,11-12H2,1-3H3;3*1H3;. The summed E-state index contributed by atoms with van der Waals surface area (Å²) in [5, 5.41) is 7.40. The van der Waals surface area contributed by atoms with E-state index in [1.165, 1.54) is 5.57 Å². The van der Waals surface area contributed by atoms with E-state index in [0.29, 0.717) is 19.8 Å². The summed E-state index contributed by atoms with van der Waals surface area (Å²) < 4.78 is 19.6. The minimum atomic E-state index is -2.50. The Hall–Kier alpha value is 0.265. The van der Waals surface area contributed by atoms with Gasteiger partial charge in [0.1, 0.15) is 0 Å². The molecule has 128 valence electrons. The van der Waals surface area contributed by atoms with E-state index in [0.717, 1.165) is 18.9 Å². The van der Waals surface area contributed by atoms with Crippen molar-refractivity contribution in [3.8, 4) is 0 Å². The second-order valence-corrected chi connectivity index (χ2v) is 19.7. The molecule has 0 bridgehead atoms. The van der Waals surface area contributed by atoms with E-state index >= 15 is 0 Å². The van der Waals surface area contributed by atoms with Crippen LogP contribution in [0.1, 0.15) is 33.6 Å². The second kappa shape index (κ2) is 8.78. The van der Waals surface area contributed by atoms with Crippen molar-refractivity contribution in [3.05, 3.63) is 21.7 Å². The normalized spacial score (nSPS) is 16.9. The summed E-state index contributed by atoms with van der Waals surface area (Å²) in [5.41, 5.74) is 1.52. The van der Waals surface area contributed by atoms with Crippen LogP contribution in [-0.4, -0.2) is 28.6 Å². The minimum absolute atomic E-state index is 0.657. The average molecular weight is 496 g/mol. The van der Waals surface area contributed by atoms with Crippen LogP contribution in [0.15, 0.2) is 21.7 Å². The van der Waals surface area contributed by atoms with Gasteiger partial charge in [-0.3, -0.25) is 0 Å². The van der Waals surface area contributed by atoms with Gasteiger partial charge in [-0.25, -0.2) is 0 Å². The summed E-state index contributed by atoms with van der Waals surface area (Å²) in [6.45, 7) is 8.03. The molecule has 0 heterocycles. The van der Waals surface area contributed by atoms with Crippen LogP contribution < -0.4 is 0 Å². The molecule has 1 aliphatic carbocycles. The number of hydrogen-bond acceptors (Lipinski definition) is 3. The third-order valence-corrected chi connectivity index (χ3v) is 11.7. The van der Waals surface area contributed by atoms with Crippen molar-refractivity contribution in [2.75, 3.05) is 19.8 Å². The third kappa shape index (κ3) is 5.76. The molecule has 3 nitrogen and oxygen atoms in total. The van der Waals surface area contributed by atoms with Gasteiger partial charge in [0.2, 0.25) is 0 Å². The first-order valence-electron chi connectivity index (χ1n) is 7.55. The fourth-order valence-corrected chi connectivity index (χ4v) is 9.41. The molecule has 0 aliphatic heterocycles. The van der Waals surface area contributed by atoms with Crippen molar-refractivity contribution in [3.63, 3.8) is 0 Å². The molecule has 0 unspecified atom stereocenters. The Labute approximate surface area is 135 Å². The maximum atomic E-state index is 5.95. The Morgan fingerprint density at radius 1 is 1.00 bits per heavy atom. The van der Waals surface area contributed by atoms with E-state index in [1.807, 2.05) is 20.8 Å². The quantitative estimate of drug-likeness (QED) is 0.402. The molecule has 0 aromatic heterocycles. The van der Waals surface area contributed by atoms with E-state index in [-0.39, 0.29) is 0 Å². The Morgan fingerprint density at radius 3 is 1.95 bits per heavy atom. The van der Waals surface area contributed by atoms with Crippen molar-refractivity contribution < 1.29 is 29.3 Å². The molecule has 0 aromatic rings. The van der Waals surface area contributed by atoms with E-state index < -0.39 is 24.9 Å². The molecule has 0 atom stereocenters. The predicted molar refractivity (Wildman–Crippen MR) is 88.4 cm³/mol. The summed E-state index contributed by atoms with van der Waals surface area (Å²) in [7, 11) is -2.50. The van der Waals surface area contributed by atoms with Crippen LogP contribution in [0, 0.1) is 0 Å². The van der Waals surface area contributed by atoms with Gasteiger partial charge in [-0.15, -0.1) is 0 Å². The molecule has 0 saturated heterocycles. The van der Waals surface area contributed by atoms with Gasteiger partial charge in [0.15, 0.2) is 0 Å². The van der Waals surface area contributed by atoms with Gasteiger partial charge in [0.25, 0.3) is 0 Å². The first-order chi connectivity index (χ1) is 9.88. The maximum absolute atomic E-state index is 5.95. The molecule has 0 saturated carbocycles. The molecule has 21 heavy (non-hydrogen) atoms. The fraction of sp³-hybridized carbons (Fsp3) is 0.750. The molecule has 0 N–H and O–H groups in total. The average Bonchev–Trinajstić information content (AvgIpc) is 2.86. The van der Waals surface area contributed by atoms with Gasteiger partial charge in [-0.05, 0) is 0 Å². The van der Waals surface area contributed by atoms with Crippen molar-refractivity contribution in [2.45, 2.75) is 55.6 Å². The zero-order valence-electron chi connectivity index (χ0n) is 14.4. The molecule has 0 aromatic carbocycles. The van der Waals surface area contributed by atoms with Crippen LogP contribution in [-0.2, 0) is 29.3 Å². The SMILES string of the molecule is CCO[Si](CCC1=[C]([Pt]([CH3])([CH3])[CH3])CC=C1)(OCC)OCC. The summed E-state index contributed by atoms with van der Waals surface area (Å²) in [5.74, 6) is 0. The van der Waals surface area contributed by atoms with E-state index in [2.05, 4.69) is 28.1 Å². The van der Waals surface area contributed by atoms with E-state index in [1.54, 1.807) is 3.96 Å². The van der Waals surface area contributed by atoms with Gasteiger partial charge in [-0.2, -0.15) is 0 Å². The first-order valence-corrected chi connectivity index (χ1v) is 17.4. The number of allylic oxidation sites excluding steroid dienone is 4. The number of rotatable bonds is 10. The van der Waals surface area contributed by atoms with E-state index in [4.69, 9.17) is 13.3 Å². The summed E-state index contributed by atoms with van der Waals surface area (Å²) in [4.78, 5) is 0. The predicted octanol–water partition coefficient (Wildman–Crippen LogP) is 4.94. The molecule has 1 aliphatic rings. The Bertz CT molecular complexity index is 368. The molecule has 5 heteroatoms. The Morgan fingerprint density at radius 2 is 1.52 bits per heavy atom. The molecule has 0 radical (unpaired) electrons. The van der Waals surface area contributed by atoms with Crippen molar-refractivity contribution in [1.29, 1.82) is 0 Å². The van der Waals surface area contributed by atoms with Crippen molar-refractivity contribution >= 4 is 8.80 Å². The Kier molecular flexibility index (Phi) is 8.08. The topological polar surface area (TPSA) is 27.7 Å². The van der Waals surface area contributed by atoms with Gasteiger partial charge in [-0.1, -0.05) is 0 Å². The van der Waals surface area contributed by atoms with Gasteiger partial charge < -0.3 is 0 Å². The zero-order valence-corrected chi connectivity index (χ0v) is 17.7. The van der Waals surface area contributed by atoms with Crippen LogP contribution in [0.4, 0.5) is 0 Å². The van der Waals surface area contributed by atoms with Crippen LogP contribution in [0.2, 0.25) is 22.0 Å². The second-order valence-electron chi connectivity index (χ2n) is 5.40. The van der Waals surface area contributed by atoms with Gasteiger partial charge >= 0.3 is 135 Å². The summed E-state index contributed by atoms with van der Waals surface area (Å²) >= 11 is -1.67. The number of hydrogen-bond donors (Lipinski definition) is 0. The van der Waals surface area contributed by atoms with E-state index in [9.17, 15) is 0 Å². The molecular weight excluding hydrogens is 463 g/mol. The fourth-order valence-electron chi connectivity index (χ4n) is 2.51. The van der Waals surface area contributed by atoms with Crippen LogP contribution in [0.25, 0.3) is 0 Å². The Balaban J connectivity index is 2.82. The van der Waals surface area contributed by atoms with Crippen LogP contribution in [0.3, 0.4) is 0 Å². The summed E-state index contributed by atoms with van der Waals surface area (Å²) in [6.07, 6.45) is 6.80. The molecule has 0 fully saturated rings. The summed E-state index contributed by atoms with van der Waals surface area (Å²) in [6, 6.07) is 0.892. The molecule has 1 rings (SSSR count). The van der Waals surface area contributed by atoms with Crippen LogP contribution in [0.5, 0.6) is 0 Å². The zero-order chi connectivity index (χ0) is 15.9. The van der Waals surface area contributed by atoms with Gasteiger partial charge in [0.05, 0.1) is 0 Å². The van der Waals surface area contributed by atoms with Crippen molar-refractivity contribution in [2.24, 2.45) is 0 Å². The monoisotopic (exact) mass is 495 g/mol. The third-order valence-electron chi connectivity index (χ3n) is 3.30. The first kappa shape index (κ1) is 19.3. The van der Waals surface area contributed by atoms with Crippen molar-refractivity contribution in [1.82, 2.24) is 0 Å². The molecule has 0 spiro atoms. The molecular formula is C16H32O3PtSi. The van der Waals surface area contributed by atoms with Gasteiger partial charge in [0, 0.05) is 0 Å². The molecule has 0 amide bonds.